The largest absolute Gasteiger partial charge is 0.415 e. The summed E-state index contributed by atoms with van der Waals surface area (Å²) in [7, 11) is -3.18. The number of benzene rings is 1. The van der Waals surface area contributed by atoms with E-state index >= 15 is 0 Å². The molecular weight excluding hydrogens is 268 g/mol. The molecule has 1 fully saturated rings. The van der Waals surface area contributed by atoms with Gasteiger partial charge in [-0.25, -0.2) is 13.2 Å². The molecule has 19 heavy (non-hydrogen) atoms. The predicted octanol–water partition coefficient (Wildman–Crippen LogP) is 0.763. The van der Waals surface area contributed by atoms with E-state index < -0.39 is 16.1 Å². The van der Waals surface area contributed by atoms with Gasteiger partial charge in [0.05, 0.1) is 6.26 Å². The summed E-state index contributed by atoms with van der Waals surface area (Å²) in [5.41, 5.74) is 0. The van der Waals surface area contributed by atoms with Crippen LogP contribution in [0.2, 0.25) is 0 Å². The van der Waals surface area contributed by atoms with E-state index in [4.69, 9.17) is 4.74 Å². The van der Waals surface area contributed by atoms with Crippen LogP contribution < -0.4 is 4.74 Å². The average molecular weight is 284 g/mol. The Bertz CT molecular complexity index is 536. The Balaban J connectivity index is 1.90. The van der Waals surface area contributed by atoms with Crippen molar-refractivity contribution in [3.8, 4) is 5.75 Å². The van der Waals surface area contributed by atoms with Crippen LogP contribution in [0.25, 0.3) is 0 Å². The fraction of sp³-hybridized carbons (Fsp3) is 0.417. The van der Waals surface area contributed by atoms with Gasteiger partial charge in [-0.05, 0) is 12.1 Å². The van der Waals surface area contributed by atoms with Gasteiger partial charge in [-0.2, -0.15) is 4.31 Å². The Labute approximate surface area is 112 Å². The molecule has 0 N–H and O–H groups in total. The van der Waals surface area contributed by atoms with Gasteiger partial charge in [0.25, 0.3) is 0 Å². The van der Waals surface area contributed by atoms with Gasteiger partial charge in [-0.1, -0.05) is 18.2 Å². The lowest BCUT2D eigenvalue weighted by Crippen LogP contribution is -2.51. The molecule has 2 rings (SSSR count). The van der Waals surface area contributed by atoms with E-state index in [1.54, 1.807) is 24.3 Å². The molecule has 1 aliphatic rings. The summed E-state index contributed by atoms with van der Waals surface area (Å²) in [6, 6.07) is 8.80. The highest BCUT2D eigenvalue weighted by molar-refractivity contribution is 7.88. The molecule has 0 saturated carbocycles. The van der Waals surface area contributed by atoms with E-state index in [0.717, 1.165) is 0 Å². The highest BCUT2D eigenvalue weighted by atomic mass is 32.2. The minimum atomic E-state index is -3.18. The molecule has 6 nitrogen and oxygen atoms in total. The minimum Gasteiger partial charge on any atom is -0.410 e. The Morgan fingerprint density at radius 1 is 1.11 bits per heavy atom. The zero-order valence-corrected chi connectivity index (χ0v) is 11.5. The molecule has 1 aromatic rings. The van der Waals surface area contributed by atoms with E-state index in [0.29, 0.717) is 31.9 Å². The van der Waals surface area contributed by atoms with Crippen molar-refractivity contribution in [3.63, 3.8) is 0 Å². The molecular formula is C12H16N2O4S. The lowest BCUT2D eigenvalue weighted by molar-refractivity contribution is 0.133. The van der Waals surface area contributed by atoms with Gasteiger partial charge in [-0.3, -0.25) is 0 Å². The highest BCUT2D eigenvalue weighted by Crippen LogP contribution is 2.12. The number of rotatable bonds is 2. The summed E-state index contributed by atoms with van der Waals surface area (Å²) in [6.45, 7) is 1.31. The van der Waals surface area contributed by atoms with Crippen molar-refractivity contribution in [2.45, 2.75) is 0 Å². The number of carbonyl (C=O) groups is 1. The Morgan fingerprint density at radius 3 is 2.21 bits per heavy atom. The topological polar surface area (TPSA) is 66.9 Å². The maximum Gasteiger partial charge on any atom is 0.415 e. The Morgan fingerprint density at radius 2 is 1.68 bits per heavy atom. The van der Waals surface area contributed by atoms with Crippen molar-refractivity contribution >= 4 is 16.1 Å². The zero-order chi connectivity index (χ0) is 13.9. The summed E-state index contributed by atoms with van der Waals surface area (Å²) in [5, 5.41) is 0. The fourth-order valence-corrected chi connectivity index (χ4v) is 2.68. The summed E-state index contributed by atoms with van der Waals surface area (Å²) in [6.07, 6.45) is 0.727. The number of hydrogen-bond donors (Lipinski definition) is 0. The van der Waals surface area contributed by atoms with Crippen molar-refractivity contribution in [1.29, 1.82) is 0 Å². The van der Waals surface area contributed by atoms with Crippen LogP contribution in [0.1, 0.15) is 0 Å². The molecule has 1 heterocycles. The van der Waals surface area contributed by atoms with Crippen LogP contribution in [0.3, 0.4) is 0 Å². The number of amides is 1. The first-order valence-electron chi connectivity index (χ1n) is 5.94. The number of ether oxygens (including phenoxy) is 1. The van der Waals surface area contributed by atoms with Gasteiger partial charge in [-0.15, -0.1) is 0 Å². The Hall–Kier alpha value is -1.60. The molecule has 0 aliphatic carbocycles. The van der Waals surface area contributed by atoms with Crippen LogP contribution in [-0.4, -0.2) is 56.2 Å². The van der Waals surface area contributed by atoms with Crippen molar-refractivity contribution in [3.05, 3.63) is 30.3 Å². The molecule has 0 spiro atoms. The molecule has 1 aromatic carbocycles. The van der Waals surface area contributed by atoms with E-state index in [1.807, 2.05) is 6.07 Å². The third-order valence-corrected chi connectivity index (χ3v) is 4.22. The van der Waals surface area contributed by atoms with Gasteiger partial charge < -0.3 is 9.64 Å². The predicted molar refractivity (Wildman–Crippen MR) is 70.5 cm³/mol. The molecule has 0 aromatic heterocycles. The van der Waals surface area contributed by atoms with Crippen LogP contribution in [0.5, 0.6) is 5.75 Å². The van der Waals surface area contributed by atoms with Gasteiger partial charge in [0.15, 0.2) is 0 Å². The molecule has 1 aliphatic heterocycles. The maximum atomic E-state index is 11.9. The second-order valence-corrected chi connectivity index (χ2v) is 6.31. The summed E-state index contributed by atoms with van der Waals surface area (Å²) >= 11 is 0. The molecule has 104 valence electrons. The van der Waals surface area contributed by atoms with Gasteiger partial charge >= 0.3 is 6.09 Å². The number of sulfonamides is 1. The monoisotopic (exact) mass is 284 g/mol. The number of hydrogen-bond acceptors (Lipinski definition) is 4. The Kier molecular flexibility index (Phi) is 4.06. The molecule has 0 atom stereocenters. The summed E-state index contributed by atoms with van der Waals surface area (Å²) in [4.78, 5) is 13.4. The van der Waals surface area contributed by atoms with Crippen molar-refractivity contribution in [2.75, 3.05) is 32.4 Å². The minimum absolute atomic E-state index is 0.308. The molecule has 7 heteroatoms. The molecule has 0 radical (unpaired) electrons. The normalized spacial score (nSPS) is 17.2. The van der Waals surface area contributed by atoms with E-state index in [2.05, 4.69) is 0 Å². The lowest BCUT2D eigenvalue weighted by Gasteiger charge is -2.32. The first kappa shape index (κ1) is 13.8. The summed E-state index contributed by atoms with van der Waals surface area (Å²) < 4.78 is 29.2. The highest BCUT2D eigenvalue weighted by Gasteiger charge is 2.26. The molecule has 0 unspecified atom stereocenters. The molecule has 1 saturated heterocycles. The van der Waals surface area contributed by atoms with Crippen LogP contribution in [0.4, 0.5) is 4.79 Å². The molecule has 1 amide bonds. The third kappa shape index (κ3) is 3.68. The summed E-state index contributed by atoms with van der Waals surface area (Å²) in [5.74, 6) is 0.484. The SMILES string of the molecule is CS(=O)(=O)N1CCN(C(=O)Oc2ccccc2)CC1. The average Bonchev–Trinajstić information content (AvgIpc) is 2.39. The van der Waals surface area contributed by atoms with Crippen molar-refractivity contribution in [1.82, 2.24) is 9.21 Å². The van der Waals surface area contributed by atoms with Crippen LogP contribution in [0.15, 0.2) is 30.3 Å². The first-order chi connectivity index (χ1) is 8.97. The van der Waals surface area contributed by atoms with Crippen molar-refractivity contribution in [2.24, 2.45) is 0 Å². The van der Waals surface area contributed by atoms with Crippen LogP contribution in [0, 0.1) is 0 Å². The number of piperazine rings is 1. The lowest BCUT2D eigenvalue weighted by atomic mass is 10.3. The second-order valence-electron chi connectivity index (χ2n) is 4.33. The van der Waals surface area contributed by atoms with Gasteiger partial charge in [0.2, 0.25) is 10.0 Å². The zero-order valence-electron chi connectivity index (χ0n) is 10.7. The van der Waals surface area contributed by atoms with E-state index in [-0.39, 0.29) is 0 Å². The van der Waals surface area contributed by atoms with E-state index in [9.17, 15) is 13.2 Å². The maximum absolute atomic E-state index is 11.9. The molecule has 0 bridgehead atoms. The quantitative estimate of drug-likeness (QED) is 0.804. The number of para-hydroxylation sites is 1. The standard InChI is InChI=1S/C12H16N2O4S/c1-19(16,17)14-9-7-13(8-10-14)12(15)18-11-5-3-2-4-6-11/h2-6H,7-10H2,1H3. The third-order valence-electron chi connectivity index (χ3n) is 2.91. The van der Waals surface area contributed by atoms with Gasteiger partial charge in [0.1, 0.15) is 5.75 Å². The number of nitrogens with zero attached hydrogens (tertiary/aromatic N) is 2. The number of carbonyl (C=O) groups excluding carboxylic acids is 1. The smallest absolute Gasteiger partial charge is 0.410 e. The van der Waals surface area contributed by atoms with Gasteiger partial charge in [0, 0.05) is 26.2 Å². The van der Waals surface area contributed by atoms with Crippen molar-refractivity contribution < 1.29 is 17.9 Å². The fourth-order valence-electron chi connectivity index (χ4n) is 1.86. The van der Waals surface area contributed by atoms with Crippen LogP contribution >= 0.6 is 0 Å². The van der Waals surface area contributed by atoms with E-state index in [1.165, 1.54) is 15.5 Å². The van der Waals surface area contributed by atoms with Crippen LogP contribution in [-0.2, 0) is 10.0 Å². The first-order valence-corrected chi connectivity index (χ1v) is 7.78. The second kappa shape index (κ2) is 5.58.